The molecular formula is C41H47F4N9O5. The van der Waals surface area contributed by atoms with Gasteiger partial charge in [0.1, 0.15) is 23.5 Å². The van der Waals surface area contributed by atoms with Crippen LogP contribution in [0.5, 0.6) is 0 Å². The lowest BCUT2D eigenvalue weighted by molar-refractivity contribution is -0.137. The van der Waals surface area contributed by atoms with Crippen LogP contribution in [0, 0.1) is 17.7 Å². The molecule has 2 aromatic carbocycles. The van der Waals surface area contributed by atoms with E-state index in [1.54, 1.807) is 41.2 Å². The second-order valence-corrected chi connectivity index (χ2v) is 15.2. The standard InChI is InChI=1S/C41H47F4N9O5/c1-22(2)35(51-40(58)59-6)38(56)54-20-23(3)15-33(54)36-48-19-32(49-36)26-9-7-25(8-10-26)28-16-30(42)31(17-29(28)41(43,44)45)50-37(55)27-11-12-34(47-18-27)53-14-13-52(21-24(53)4)39(57)46-5/h7-12,16-19,22-24,33,35H,13-15,20-21H2,1-6H3,(H,46,57)(H,48,49)(H,50,55)(H,51,58)/t23-,24+,33-,35-/m0/s1. The average Bonchev–Trinajstić information content (AvgIpc) is 3.86. The summed E-state index contributed by atoms with van der Waals surface area (Å²) in [6.07, 6.45) is -2.16. The summed E-state index contributed by atoms with van der Waals surface area (Å²) in [6.45, 7) is 9.45. The summed E-state index contributed by atoms with van der Waals surface area (Å²) in [6, 6.07) is 8.91. The molecule has 0 unspecified atom stereocenters. The Balaban J connectivity index is 1.17. The number of alkyl carbamates (subject to hydrolysis) is 1. The van der Waals surface area contributed by atoms with Crippen molar-refractivity contribution in [3.05, 3.63) is 83.7 Å². The number of urea groups is 1. The Morgan fingerprint density at radius 2 is 1.66 bits per heavy atom. The van der Waals surface area contributed by atoms with Gasteiger partial charge in [0.05, 0.1) is 41.9 Å². The number of nitrogens with zero attached hydrogens (tertiary/aromatic N) is 5. The summed E-state index contributed by atoms with van der Waals surface area (Å²) in [5, 5.41) is 7.49. The van der Waals surface area contributed by atoms with Crippen molar-refractivity contribution in [1.82, 2.24) is 35.4 Å². The van der Waals surface area contributed by atoms with E-state index in [-0.39, 0.29) is 40.9 Å². The molecule has 2 aromatic heterocycles. The number of amides is 5. The second-order valence-electron chi connectivity index (χ2n) is 15.2. The van der Waals surface area contributed by atoms with Gasteiger partial charge >= 0.3 is 18.3 Å². The van der Waals surface area contributed by atoms with E-state index in [1.165, 1.54) is 31.5 Å². The van der Waals surface area contributed by atoms with Gasteiger partial charge in [0.2, 0.25) is 5.91 Å². The van der Waals surface area contributed by atoms with Crippen molar-refractivity contribution in [2.75, 3.05) is 50.6 Å². The number of imidazole rings is 1. The number of nitrogens with one attached hydrogen (secondary N) is 4. The third-order valence-corrected chi connectivity index (χ3v) is 10.7. The molecule has 2 aliphatic rings. The Morgan fingerprint density at radius 1 is 0.949 bits per heavy atom. The molecule has 4 N–H and O–H groups in total. The van der Waals surface area contributed by atoms with E-state index >= 15 is 4.39 Å². The van der Waals surface area contributed by atoms with Crippen molar-refractivity contribution in [3.63, 3.8) is 0 Å². The van der Waals surface area contributed by atoms with Crippen LogP contribution in [-0.2, 0) is 15.7 Å². The monoisotopic (exact) mass is 821 g/mol. The normalized spacial score (nSPS) is 18.8. The van der Waals surface area contributed by atoms with Crippen LogP contribution in [0.25, 0.3) is 22.4 Å². The third kappa shape index (κ3) is 9.26. The summed E-state index contributed by atoms with van der Waals surface area (Å²) >= 11 is 0. The molecule has 2 saturated heterocycles. The zero-order valence-corrected chi connectivity index (χ0v) is 33.5. The van der Waals surface area contributed by atoms with E-state index in [2.05, 4.69) is 30.9 Å². The molecule has 59 heavy (non-hydrogen) atoms. The molecule has 14 nitrogen and oxygen atoms in total. The number of benzene rings is 2. The van der Waals surface area contributed by atoms with E-state index in [0.717, 1.165) is 6.07 Å². The molecule has 0 saturated carbocycles. The first-order chi connectivity index (χ1) is 28.0. The number of pyridine rings is 1. The highest BCUT2D eigenvalue weighted by molar-refractivity contribution is 6.04. The predicted molar refractivity (Wildman–Crippen MR) is 212 cm³/mol. The van der Waals surface area contributed by atoms with Gasteiger partial charge in [0, 0.05) is 45.5 Å². The van der Waals surface area contributed by atoms with Crippen LogP contribution in [0.3, 0.4) is 0 Å². The molecule has 0 bridgehead atoms. The van der Waals surface area contributed by atoms with Crippen molar-refractivity contribution in [1.29, 1.82) is 0 Å². The fourth-order valence-electron chi connectivity index (χ4n) is 7.58. The Bertz CT molecular complexity index is 2180. The van der Waals surface area contributed by atoms with Gasteiger partial charge in [-0.2, -0.15) is 13.2 Å². The lowest BCUT2D eigenvalue weighted by Gasteiger charge is -2.40. The third-order valence-electron chi connectivity index (χ3n) is 10.7. The maximum Gasteiger partial charge on any atom is 0.417 e. The van der Waals surface area contributed by atoms with Crippen LogP contribution in [0.1, 0.15) is 61.9 Å². The number of anilines is 2. The van der Waals surface area contributed by atoms with Crippen LogP contribution in [0.4, 0.5) is 38.7 Å². The zero-order chi connectivity index (χ0) is 42.8. The average molecular weight is 822 g/mol. The molecular weight excluding hydrogens is 775 g/mol. The number of piperazine rings is 1. The number of carbonyl (C=O) groups excluding carboxylic acids is 4. The molecule has 18 heteroatoms. The predicted octanol–water partition coefficient (Wildman–Crippen LogP) is 6.69. The van der Waals surface area contributed by atoms with Gasteiger partial charge in [0.25, 0.3) is 5.91 Å². The maximum absolute atomic E-state index is 15.5. The Labute approximate surface area is 338 Å². The number of hydrogen-bond donors (Lipinski definition) is 4. The molecule has 4 heterocycles. The Kier molecular flexibility index (Phi) is 12.5. The van der Waals surface area contributed by atoms with Gasteiger partial charge < -0.3 is 40.4 Å². The number of aromatic nitrogens is 3. The number of halogens is 4. The van der Waals surface area contributed by atoms with E-state index in [4.69, 9.17) is 4.74 Å². The van der Waals surface area contributed by atoms with E-state index in [9.17, 15) is 32.3 Å². The molecule has 4 aromatic rings. The number of carbonyl (C=O) groups is 4. The number of H-pyrrole nitrogens is 1. The Morgan fingerprint density at radius 3 is 2.27 bits per heavy atom. The van der Waals surface area contributed by atoms with E-state index < -0.39 is 52.9 Å². The number of hydrogen-bond acceptors (Lipinski definition) is 8. The second kappa shape index (κ2) is 17.3. The highest BCUT2D eigenvalue weighted by atomic mass is 19.4. The van der Waals surface area contributed by atoms with Crippen molar-refractivity contribution in [3.8, 4) is 22.4 Å². The quantitative estimate of drug-likeness (QED) is 0.136. The smallest absolute Gasteiger partial charge is 0.417 e. The lowest BCUT2D eigenvalue weighted by Crippen LogP contribution is -2.55. The van der Waals surface area contributed by atoms with Crippen LogP contribution >= 0.6 is 0 Å². The topological polar surface area (TPSA) is 165 Å². The number of ether oxygens (including phenoxy) is 1. The fourth-order valence-corrected chi connectivity index (χ4v) is 7.58. The van der Waals surface area contributed by atoms with Crippen LogP contribution in [0.2, 0.25) is 0 Å². The molecule has 4 atom stereocenters. The molecule has 6 rings (SSSR count). The van der Waals surface area contributed by atoms with Crippen molar-refractivity contribution < 1.29 is 41.5 Å². The molecule has 5 amide bonds. The van der Waals surface area contributed by atoms with Crippen molar-refractivity contribution in [2.45, 2.75) is 58.4 Å². The minimum Gasteiger partial charge on any atom is -0.453 e. The van der Waals surface area contributed by atoms with Gasteiger partial charge in [-0.25, -0.2) is 23.9 Å². The summed E-state index contributed by atoms with van der Waals surface area (Å²) in [5.74, 6) is -1.19. The first-order valence-corrected chi connectivity index (χ1v) is 19.2. The van der Waals surface area contributed by atoms with Gasteiger partial charge in [-0.05, 0) is 66.1 Å². The summed E-state index contributed by atoms with van der Waals surface area (Å²) in [5.41, 5.74) is -0.986. The minimum atomic E-state index is -4.90. The maximum atomic E-state index is 15.5. The highest BCUT2D eigenvalue weighted by Gasteiger charge is 2.40. The van der Waals surface area contributed by atoms with Gasteiger partial charge in [0.15, 0.2) is 0 Å². The highest BCUT2D eigenvalue weighted by Crippen LogP contribution is 2.41. The first-order valence-electron chi connectivity index (χ1n) is 19.2. The molecule has 314 valence electrons. The van der Waals surface area contributed by atoms with Gasteiger partial charge in [-0.1, -0.05) is 45.0 Å². The lowest BCUT2D eigenvalue weighted by atomic mass is 9.96. The Hall–Kier alpha value is -6.20. The van der Waals surface area contributed by atoms with E-state index in [1.807, 2.05) is 32.6 Å². The van der Waals surface area contributed by atoms with Crippen LogP contribution in [-0.4, -0.2) is 101 Å². The number of likely N-dealkylation sites (tertiary alicyclic amines) is 1. The SMILES string of the molecule is CNC(=O)N1CCN(c2ccc(C(=O)Nc3cc(C(F)(F)F)c(-c4ccc(-c5cnc([C@@H]6C[C@H](C)CN6C(=O)[C@@H](NC(=O)OC)C(C)C)[nH]5)cc4)cc3F)cn2)[C@H](C)C1. The first kappa shape index (κ1) is 42.4. The van der Waals surface area contributed by atoms with Crippen LogP contribution < -0.4 is 20.9 Å². The van der Waals surface area contributed by atoms with E-state index in [0.29, 0.717) is 61.6 Å². The summed E-state index contributed by atoms with van der Waals surface area (Å²) in [4.78, 5) is 68.2. The molecule has 0 radical (unpaired) electrons. The number of rotatable bonds is 9. The fraction of sp³-hybridized carbons (Fsp3) is 0.415. The molecule has 0 spiro atoms. The summed E-state index contributed by atoms with van der Waals surface area (Å²) < 4.78 is 63.7. The number of methoxy groups -OCH3 is 1. The minimum absolute atomic E-state index is 0.0112. The molecule has 2 aliphatic heterocycles. The van der Waals surface area contributed by atoms with Gasteiger partial charge in [-0.15, -0.1) is 0 Å². The summed E-state index contributed by atoms with van der Waals surface area (Å²) in [7, 11) is 2.78. The number of alkyl halides is 3. The van der Waals surface area contributed by atoms with Crippen LogP contribution in [0.15, 0.2) is 60.9 Å². The largest absolute Gasteiger partial charge is 0.453 e. The van der Waals surface area contributed by atoms with Gasteiger partial charge in [-0.3, -0.25) is 9.59 Å². The molecule has 2 fully saturated rings. The van der Waals surface area contributed by atoms with Crippen molar-refractivity contribution in [2.24, 2.45) is 11.8 Å². The zero-order valence-electron chi connectivity index (χ0n) is 33.5. The molecule has 0 aliphatic carbocycles. The van der Waals surface area contributed by atoms with Crippen molar-refractivity contribution >= 4 is 35.4 Å². The number of aromatic amines is 1.